The van der Waals surface area contributed by atoms with Crippen molar-refractivity contribution >= 4 is 29.2 Å². The van der Waals surface area contributed by atoms with Crippen LogP contribution in [-0.2, 0) is 9.59 Å². The highest BCUT2D eigenvalue weighted by Crippen LogP contribution is 2.30. The van der Waals surface area contributed by atoms with Gasteiger partial charge in [-0.1, -0.05) is 11.6 Å². The zero-order valence-electron chi connectivity index (χ0n) is 8.64. The second-order valence-electron chi connectivity index (χ2n) is 3.04. The second-order valence-corrected chi connectivity index (χ2v) is 3.44. The molecule has 0 atom stereocenters. The number of rotatable bonds is 2. The van der Waals surface area contributed by atoms with E-state index in [-0.39, 0.29) is 16.5 Å². The van der Waals surface area contributed by atoms with Crippen LogP contribution in [0.5, 0.6) is 5.75 Å². The van der Waals surface area contributed by atoms with Crippen molar-refractivity contribution in [2.24, 2.45) is 0 Å². The Morgan fingerprint density at radius 3 is 2.50 bits per heavy atom. The molecule has 0 unspecified atom stereocenters. The second kappa shape index (κ2) is 4.94. The number of amides is 1. The van der Waals surface area contributed by atoms with E-state index >= 15 is 0 Å². The topological polar surface area (TPSA) is 55.4 Å². The lowest BCUT2D eigenvalue weighted by Crippen LogP contribution is -2.09. The first-order valence-electron chi connectivity index (χ1n) is 4.35. The zero-order valence-corrected chi connectivity index (χ0v) is 9.39. The average Bonchev–Trinajstić information content (AvgIpc) is 2.11. The van der Waals surface area contributed by atoms with E-state index < -0.39 is 17.7 Å². The lowest BCUT2D eigenvalue weighted by atomic mass is 10.3. The maximum atomic E-state index is 13.3. The van der Waals surface area contributed by atoms with Gasteiger partial charge < -0.3 is 10.1 Å². The van der Waals surface area contributed by atoms with Gasteiger partial charge in [-0.3, -0.25) is 9.59 Å². The van der Waals surface area contributed by atoms with E-state index in [2.05, 4.69) is 5.32 Å². The Bertz CT molecular complexity index is 411. The molecule has 0 aliphatic heterocycles. The van der Waals surface area contributed by atoms with Crippen LogP contribution in [-0.4, -0.2) is 11.9 Å². The summed E-state index contributed by atoms with van der Waals surface area (Å²) in [6.07, 6.45) is 0. The van der Waals surface area contributed by atoms with Crippen molar-refractivity contribution in [1.29, 1.82) is 0 Å². The minimum atomic E-state index is -0.698. The quantitative estimate of drug-likeness (QED) is 0.643. The van der Waals surface area contributed by atoms with Crippen LogP contribution in [0.3, 0.4) is 0 Å². The van der Waals surface area contributed by atoms with E-state index in [1.54, 1.807) is 0 Å². The summed E-state index contributed by atoms with van der Waals surface area (Å²) >= 11 is 5.65. The Labute approximate surface area is 96.3 Å². The van der Waals surface area contributed by atoms with Gasteiger partial charge >= 0.3 is 5.97 Å². The van der Waals surface area contributed by atoms with Crippen molar-refractivity contribution in [3.05, 3.63) is 23.0 Å². The fraction of sp³-hybridized carbons (Fsp3) is 0.200. The number of carbonyl (C=O) groups excluding carboxylic acids is 2. The van der Waals surface area contributed by atoms with E-state index in [0.717, 1.165) is 12.1 Å². The standard InChI is InChI=1S/C10H9ClFNO3/c1-5(14)13-9-4-10(16-6(2)15)7(11)3-8(9)12/h3-4H,1-2H3,(H,13,14). The molecule has 0 bridgehead atoms. The molecule has 16 heavy (non-hydrogen) atoms. The van der Waals surface area contributed by atoms with Crippen molar-refractivity contribution in [1.82, 2.24) is 0 Å². The van der Waals surface area contributed by atoms with Gasteiger partial charge in [-0.05, 0) is 6.07 Å². The first kappa shape index (κ1) is 12.4. The van der Waals surface area contributed by atoms with Crippen molar-refractivity contribution < 1.29 is 18.7 Å². The summed E-state index contributed by atoms with van der Waals surface area (Å²) in [4.78, 5) is 21.5. The molecule has 0 saturated heterocycles. The molecular formula is C10H9ClFNO3. The maximum Gasteiger partial charge on any atom is 0.308 e. The highest BCUT2D eigenvalue weighted by molar-refractivity contribution is 6.32. The zero-order chi connectivity index (χ0) is 12.3. The molecule has 0 aliphatic carbocycles. The van der Waals surface area contributed by atoms with Gasteiger partial charge in [-0.15, -0.1) is 0 Å². The third-order valence-electron chi connectivity index (χ3n) is 1.59. The number of anilines is 1. The van der Waals surface area contributed by atoms with Crippen LogP contribution < -0.4 is 10.1 Å². The fourth-order valence-corrected chi connectivity index (χ4v) is 1.24. The highest BCUT2D eigenvalue weighted by Gasteiger charge is 2.12. The average molecular weight is 246 g/mol. The third-order valence-corrected chi connectivity index (χ3v) is 1.88. The SMILES string of the molecule is CC(=O)Nc1cc(OC(C)=O)c(Cl)cc1F. The molecule has 1 rings (SSSR count). The van der Waals surface area contributed by atoms with E-state index in [1.165, 1.54) is 13.8 Å². The Kier molecular flexibility index (Phi) is 3.84. The van der Waals surface area contributed by atoms with Gasteiger partial charge in [0, 0.05) is 19.9 Å². The van der Waals surface area contributed by atoms with Crippen LogP contribution in [0.15, 0.2) is 12.1 Å². The van der Waals surface area contributed by atoms with Crippen LogP contribution in [0.25, 0.3) is 0 Å². The van der Waals surface area contributed by atoms with Crippen LogP contribution in [0.2, 0.25) is 5.02 Å². The molecule has 0 aliphatic rings. The van der Waals surface area contributed by atoms with Gasteiger partial charge in [0.1, 0.15) is 5.82 Å². The smallest absolute Gasteiger partial charge is 0.308 e. The van der Waals surface area contributed by atoms with E-state index in [0.29, 0.717) is 0 Å². The number of nitrogens with one attached hydrogen (secondary N) is 1. The third kappa shape index (κ3) is 3.20. The number of benzene rings is 1. The highest BCUT2D eigenvalue weighted by atomic mass is 35.5. The van der Waals surface area contributed by atoms with Crippen molar-refractivity contribution in [2.45, 2.75) is 13.8 Å². The lowest BCUT2D eigenvalue weighted by Gasteiger charge is -2.08. The van der Waals surface area contributed by atoms with E-state index in [4.69, 9.17) is 16.3 Å². The first-order chi connectivity index (χ1) is 7.40. The molecule has 0 saturated carbocycles. The van der Waals surface area contributed by atoms with Gasteiger partial charge in [-0.25, -0.2) is 4.39 Å². The molecular weight excluding hydrogens is 237 g/mol. The molecule has 0 spiro atoms. The fourth-order valence-electron chi connectivity index (χ4n) is 1.05. The summed E-state index contributed by atoms with van der Waals surface area (Å²) in [6.45, 7) is 2.43. The molecule has 1 aromatic carbocycles. The number of carbonyl (C=O) groups is 2. The number of halogens is 2. The predicted molar refractivity (Wildman–Crippen MR) is 57.0 cm³/mol. The number of hydrogen-bond acceptors (Lipinski definition) is 3. The molecule has 0 radical (unpaired) electrons. The Balaban J connectivity index is 3.10. The summed E-state index contributed by atoms with van der Waals surface area (Å²) in [6, 6.07) is 2.12. The Hall–Kier alpha value is -1.62. The number of hydrogen-bond donors (Lipinski definition) is 1. The molecule has 1 N–H and O–H groups in total. The van der Waals surface area contributed by atoms with Gasteiger partial charge in [0.15, 0.2) is 5.75 Å². The van der Waals surface area contributed by atoms with Crippen LogP contribution in [0, 0.1) is 5.82 Å². The molecule has 86 valence electrons. The summed E-state index contributed by atoms with van der Waals surface area (Å²) in [5.41, 5.74) is -0.0897. The van der Waals surface area contributed by atoms with Crippen molar-refractivity contribution in [2.75, 3.05) is 5.32 Å². The Morgan fingerprint density at radius 2 is 2.00 bits per heavy atom. The van der Waals surface area contributed by atoms with E-state index in [9.17, 15) is 14.0 Å². The van der Waals surface area contributed by atoms with E-state index in [1.807, 2.05) is 0 Å². The number of ether oxygens (including phenoxy) is 1. The van der Waals surface area contributed by atoms with Crippen molar-refractivity contribution in [3.8, 4) is 5.75 Å². The van der Waals surface area contributed by atoms with Crippen molar-refractivity contribution in [3.63, 3.8) is 0 Å². The summed E-state index contributed by atoms with van der Waals surface area (Å²) in [5.74, 6) is -1.72. The van der Waals surface area contributed by atoms with Crippen LogP contribution in [0.1, 0.15) is 13.8 Å². The van der Waals surface area contributed by atoms with Crippen LogP contribution in [0.4, 0.5) is 10.1 Å². The minimum Gasteiger partial charge on any atom is -0.425 e. The molecule has 4 nitrogen and oxygen atoms in total. The van der Waals surface area contributed by atoms with Crippen LogP contribution >= 0.6 is 11.6 Å². The lowest BCUT2D eigenvalue weighted by molar-refractivity contribution is -0.131. The van der Waals surface area contributed by atoms with Gasteiger partial charge in [0.25, 0.3) is 0 Å². The molecule has 6 heteroatoms. The molecule has 0 fully saturated rings. The van der Waals surface area contributed by atoms with Gasteiger partial charge in [0.2, 0.25) is 5.91 Å². The molecule has 1 amide bonds. The molecule has 0 aromatic heterocycles. The van der Waals surface area contributed by atoms with Gasteiger partial charge in [0.05, 0.1) is 10.7 Å². The summed E-state index contributed by atoms with van der Waals surface area (Å²) < 4.78 is 18.0. The summed E-state index contributed by atoms with van der Waals surface area (Å²) in [5, 5.41) is 2.21. The molecule has 0 heterocycles. The number of esters is 1. The van der Waals surface area contributed by atoms with Gasteiger partial charge in [-0.2, -0.15) is 0 Å². The maximum absolute atomic E-state index is 13.3. The largest absolute Gasteiger partial charge is 0.425 e. The first-order valence-corrected chi connectivity index (χ1v) is 4.73. The predicted octanol–water partition coefficient (Wildman–Crippen LogP) is 2.36. The normalized spacial score (nSPS) is 9.75. The summed E-state index contributed by atoms with van der Waals surface area (Å²) in [7, 11) is 0. The molecule has 1 aromatic rings. The Morgan fingerprint density at radius 1 is 1.38 bits per heavy atom. The monoisotopic (exact) mass is 245 g/mol. The minimum absolute atomic E-state index is 0.000633.